The highest BCUT2D eigenvalue weighted by Gasteiger charge is 2.17. The Kier molecular flexibility index (Phi) is 4.08. The average Bonchev–Trinajstić information content (AvgIpc) is 3.05. The van der Waals surface area contributed by atoms with E-state index in [2.05, 4.69) is 20.8 Å². The zero-order valence-electron chi connectivity index (χ0n) is 11.0. The molecule has 0 atom stereocenters. The van der Waals surface area contributed by atoms with Crippen LogP contribution in [0.4, 0.5) is 0 Å². The Balaban J connectivity index is 1.44. The van der Waals surface area contributed by atoms with Gasteiger partial charge in [-0.15, -0.1) is 0 Å². The molecule has 0 unspecified atom stereocenters. The predicted molar refractivity (Wildman–Crippen MR) is 75.3 cm³/mol. The minimum absolute atomic E-state index is 0.0344. The zero-order chi connectivity index (χ0) is 13.8. The molecule has 0 saturated carbocycles. The number of hydrogen-bond acceptors (Lipinski definition) is 6. The van der Waals surface area contributed by atoms with E-state index in [0.29, 0.717) is 30.5 Å². The monoisotopic (exact) mass is 292 g/mol. The first-order valence-electron chi connectivity index (χ1n) is 6.64. The standard InChI is InChI=1S/C13H16N4O2S/c18-11(15-7-9-5-14-6-9)1-2-12-16-13(17-19-12)10-3-4-20-8-10/h3-4,8-9,14H,1-2,5-7H2,(H,15,18). The van der Waals surface area contributed by atoms with Gasteiger partial charge in [-0.05, 0) is 11.4 Å². The summed E-state index contributed by atoms with van der Waals surface area (Å²) in [5.41, 5.74) is 0.951. The number of nitrogens with zero attached hydrogens (tertiary/aromatic N) is 2. The molecule has 7 heteroatoms. The van der Waals surface area contributed by atoms with E-state index < -0.39 is 0 Å². The van der Waals surface area contributed by atoms with Crippen molar-refractivity contribution in [3.8, 4) is 11.4 Å². The highest BCUT2D eigenvalue weighted by atomic mass is 32.1. The van der Waals surface area contributed by atoms with Gasteiger partial charge in [0.05, 0.1) is 0 Å². The Hall–Kier alpha value is -1.73. The molecule has 1 aliphatic rings. The van der Waals surface area contributed by atoms with Crippen molar-refractivity contribution in [2.45, 2.75) is 12.8 Å². The first kappa shape index (κ1) is 13.3. The van der Waals surface area contributed by atoms with Crippen LogP contribution < -0.4 is 10.6 Å². The first-order chi connectivity index (χ1) is 9.81. The van der Waals surface area contributed by atoms with Crippen molar-refractivity contribution in [3.63, 3.8) is 0 Å². The summed E-state index contributed by atoms with van der Waals surface area (Å²) in [6, 6.07) is 1.94. The molecule has 2 aromatic heterocycles. The normalized spacial score (nSPS) is 15.0. The molecule has 1 aliphatic heterocycles. The molecular formula is C13H16N4O2S. The van der Waals surface area contributed by atoms with Crippen molar-refractivity contribution in [3.05, 3.63) is 22.7 Å². The molecule has 6 nitrogen and oxygen atoms in total. The minimum Gasteiger partial charge on any atom is -0.356 e. The average molecular weight is 292 g/mol. The van der Waals surface area contributed by atoms with Gasteiger partial charge >= 0.3 is 0 Å². The minimum atomic E-state index is 0.0344. The van der Waals surface area contributed by atoms with Gasteiger partial charge in [0, 0.05) is 49.3 Å². The third-order valence-corrected chi connectivity index (χ3v) is 3.95. The van der Waals surface area contributed by atoms with Gasteiger partial charge in [0.1, 0.15) is 0 Å². The van der Waals surface area contributed by atoms with Crippen LogP contribution >= 0.6 is 11.3 Å². The van der Waals surface area contributed by atoms with Crippen molar-refractivity contribution in [2.24, 2.45) is 5.92 Å². The molecule has 3 heterocycles. The number of amides is 1. The van der Waals surface area contributed by atoms with Crippen LogP contribution in [0.1, 0.15) is 12.3 Å². The lowest BCUT2D eigenvalue weighted by Crippen LogP contribution is -2.48. The Labute approximate surface area is 120 Å². The molecule has 20 heavy (non-hydrogen) atoms. The molecule has 1 amide bonds. The molecule has 1 saturated heterocycles. The molecule has 0 aromatic carbocycles. The number of rotatable bonds is 6. The summed E-state index contributed by atoms with van der Waals surface area (Å²) in [6.45, 7) is 2.73. The number of carbonyl (C=O) groups is 1. The van der Waals surface area contributed by atoms with Gasteiger partial charge in [0.25, 0.3) is 0 Å². The van der Waals surface area contributed by atoms with E-state index in [1.807, 2.05) is 16.8 Å². The smallest absolute Gasteiger partial charge is 0.227 e. The van der Waals surface area contributed by atoms with Crippen molar-refractivity contribution in [1.29, 1.82) is 0 Å². The lowest BCUT2D eigenvalue weighted by molar-refractivity contribution is -0.121. The van der Waals surface area contributed by atoms with Gasteiger partial charge in [-0.2, -0.15) is 16.3 Å². The number of aromatic nitrogens is 2. The Bertz CT molecular complexity index is 563. The van der Waals surface area contributed by atoms with Gasteiger partial charge < -0.3 is 15.2 Å². The predicted octanol–water partition coefficient (Wildman–Crippen LogP) is 1.07. The molecule has 106 valence electrons. The number of aryl methyl sites for hydroxylation is 1. The van der Waals surface area contributed by atoms with Crippen molar-refractivity contribution in [1.82, 2.24) is 20.8 Å². The summed E-state index contributed by atoms with van der Waals surface area (Å²) in [7, 11) is 0. The van der Waals surface area contributed by atoms with Crippen LogP contribution in [0.25, 0.3) is 11.4 Å². The summed E-state index contributed by atoms with van der Waals surface area (Å²) in [4.78, 5) is 16.0. The quantitative estimate of drug-likeness (QED) is 0.832. The molecule has 0 aliphatic carbocycles. The molecule has 2 N–H and O–H groups in total. The maximum atomic E-state index is 11.7. The van der Waals surface area contributed by atoms with E-state index in [1.54, 1.807) is 11.3 Å². The third-order valence-electron chi connectivity index (χ3n) is 3.27. The Morgan fingerprint density at radius 3 is 3.15 bits per heavy atom. The maximum Gasteiger partial charge on any atom is 0.227 e. The van der Waals surface area contributed by atoms with Crippen LogP contribution in [0, 0.1) is 5.92 Å². The lowest BCUT2D eigenvalue weighted by atomic mass is 10.0. The molecule has 0 bridgehead atoms. The SMILES string of the molecule is O=C(CCc1nc(-c2ccsc2)no1)NCC1CNC1. The van der Waals surface area contributed by atoms with Gasteiger partial charge in [0.2, 0.25) is 17.6 Å². The van der Waals surface area contributed by atoms with E-state index in [0.717, 1.165) is 25.2 Å². The highest BCUT2D eigenvalue weighted by Crippen LogP contribution is 2.18. The summed E-state index contributed by atoms with van der Waals surface area (Å²) < 4.78 is 5.15. The van der Waals surface area contributed by atoms with Crippen molar-refractivity contribution in [2.75, 3.05) is 19.6 Å². The summed E-state index contributed by atoms with van der Waals surface area (Å²) in [6.07, 6.45) is 0.858. The summed E-state index contributed by atoms with van der Waals surface area (Å²) in [5, 5.41) is 13.9. The molecule has 3 rings (SSSR count). The molecule has 2 aromatic rings. The first-order valence-corrected chi connectivity index (χ1v) is 7.58. The third kappa shape index (κ3) is 3.23. The summed E-state index contributed by atoms with van der Waals surface area (Å²) >= 11 is 1.59. The van der Waals surface area contributed by atoms with E-state index >= 15 is 0 Å². The van der Waals surface area contributed by atoms with E-state index in [9.17, 15) is 4.79 Å². The molecule has 0 radical (unpaired) electrons. The fourth-order valence-electron chi connectivity index (χ4n) is 1.93. The van der Waals surface area contributed by atoms with Crippen LogP contribution in [0.15, 0.2) is 21.3 Å². The Morgan fingerprint density at radius 2 is 2.45 bits per heavy atom. The van der Waals surface area contributed by atoms with Crippen LogP contribution in [0.3, 0.4) is 0 Å². The van der Waals surface area contributed by atoms with E-state index in [1.165, 1.54) is 0 Å². The van der Waals surface area contributed by atoms with Crippen LogP contribution in [-0.2, 0) is 11.2 Å². The van der Waals surface area contributed by atoms with Crippen molar-refractivity contribution < 1.29 is 9.32 Å². The van der Waals surface area contributed by atoms with Crippen LogP contribution in [0.5, 0.6) is 0 Å². The highest BCUT2D eigenvalue weighted by molar-refractivity contribution is 7.08. The molecule has 1 fully saturated rings. The Morgan fingerprint density at radius 1 is 1.55 bits per heavy atom. The van der Waals surface area contributed by atoms with E-state index in [4.69, 9.17) is 4.52 Å². The lowest BCUT2D eigenvalue weighted by Gasteiger charge is -2.27. The van der Waals surface area contributed by atoms with Gasteiger partial charge in [-0.1, -0.05) is 5.16 Å². The molecular weight excluding hydrogens is 276 g/mol. The second kappa shape index (κ2) is 6.15. The van der Waals surface area contributed by atoms with Crippen LogP contribution in [0.2, 0.25) is 0 Å². The molecule has 0 spiro atoms. The summed E-state index contributed by atoms with van der Waals surface area (Å²) in [5.74, 6) is 1.70. The van der Waals surface area contributed by atoms with Gasteiger partial charge in [0.15, 0.2) is 0 Å². The fraction of sp³-hybridized carbons (Fsp3) is 0.462. The van der Waals surface area contributed by atoms with E-state index in [-0.39, 0.29) is 5.91 Å². The number of hydrogen-bond donors (Lipinski definition) is 2. The second-order valence-corrected chi connectivity index (χ2v) is 5.63. The number of nitrogens with one attached hydrogen (secondary N) is 2. The largest absolute Gasteiger partial charge is 0.356 e. The van der Waals surface area contributed by atoms with Crippen LogP contribution in [-0.4, -0.2) is 35.7 Å². The fourth-order valence-corrected chi connectivity index (χ4v) is 2.56. The topological polar surface area (TPSA) is 80.0 Å². The van der Waals surface area contributed by atoms with Gasteiger partial charge in [-0.3, -0.25) is 4.79 Å². The van der Waals surface area contributed by atoms with Gasteiger partial charge in [-0.25, -0.2) is 0 Å². The maximum absolute atomic E-state index is 11.7. The number of carbonyl (C=O) groups excluding carboxylic acids is 1. The number of thiophene rings is 1. The second-order valence-electron chi connectivity index (χ2n) is 4.85. The zero-order valence-corrected chi connectivity index (χ0v) is 11.8. The van der Waals surface area contributed by atoms with Crippen molar-refractivity contribution >= 4 is 17.2 Å².